The maximum atomic E-state index is 14.2. The highest BCUT2D eigenvalue weighted by Crippen LogP contribution is 2.36. The Morgan fingerprint density at radius 3 is 2.71 bits per heavy atom. The first-order valence-corrected chi connectivity index (χ1v) is 8.97. The summed E-state index contributed by atoms with van der Waals surface area (Å²) >= 11 is 5.98. The number of para-hydroxylation sites is 1. The minimum absolute atomic E-state index is 0.000504. The normalized spacial score (nSPS) is 14.3. The first kappa shape index (κ1) is 16.7. The summed E-state index contributed by atoms with van der Waals surface area (Å²) in [6, 6.07) is 7.83. The van der Waals surface area contributed by atoms with Gasteiger partial charge >= 0.3 is 5.97 Å². The van der Waals surface area contributed by atoms with E-state index in [0.29, 0.717) is 18.4 Å². The molecule has 0 aliphatic carbocycles. The molecule has 0 fully saturated rings. The molecule has 1 aliphatic rings. The number of carboxylic acid groups (broad SMARTS) is 1. The Bertz CT molecular complexity index is 930. The Labute approximate surface area is 143 Å². The van der Waals surface area contributed by atoms with Crippen LogP contribution in [0.5, 0.6) is 0 Å². The monoisotopic (exact) mass is 369 g/mol. The van der Waals surface area contributed by atoms with Crippen LogP contribution in [0, 0.1) is 5.82 Å². The highest BCUT2D eigenvalue weighted by molar-refractivity contribution is 7.93. The van der Waals surface area contributed by atoms with Gasteiger partial charge in [-0.05, 0) is 42.7 Å². The van der Waals surface area contributed by atoms with E-state index in [0.717, 1.165) is 10.4 Å². The number of hydrogen-bond donors (Lipinski definition) is 1. The largest absolute Gasteiger partial charge is 0.478 e. The minimum atomic E-state index is -4.19. The number of benzene rings is 2. The van der Waals surface area contributed by atoms with Gasteiger partial charge in [0.15, 0.2) is 0 Å². The fourth-order valence-electron chi connectivity index (χ4n) is 2.76. The molecule has 8 heteroatoms. The third-order valence-corrected chi connectivity index (χ3v) is 6.15. The lowest BCUT2D eigenvalue weighted by atomic mass is 10.0. The molecular formula is C16H13ClFNO4S. The summed E-state index contributed by atoms with van der Waals surface area (Å²) < 4.78 is 41.2. The van der Waals surface area contributed by atoms with E-state index in [1.54, 1.807) is 6.07 Å². The number of fused-ring (bicyclic) bond motifs is 1. The Kier molecular flexibility index (Phi) is 4.23. The van der Waals surface area contributed by atoms with Crippen molar-refractivity contribution in [3.63, 3.8) is 0 Å². The summed E-state index contributed by atoms with van der Waals surface area (Å²) in [5.41, 5.74) is 0.389. The van der Waals surface area contributed by atoms with Crippen LogP contribution in [-0.2, 0) is 16.4 Å². The van der Waals surface area contributed by atoms with Crippen molar-refractivity contribution < 1.29 is 22.7 Å². The van der Waals surface area contributed by atoms with E-state index < -0.39 is 21.8 Å². The van der Waals surface area contributed by atoms with Crippen LogP contribution < -0.4 is 4.31 Å². The zero-order valence-electron chi connectivity index (χ0n) is 12.4. The summed E-state index contributed by atoms with van der Waals surface area (Å²) in [5, 5.41) is 8.96. The SMILES string of the molecule is O=C(O)c1ccc(Cl)c(S(=O)(=O)N2CCCc3cccc(F)c32)c1. The molecule has 1 N–H and O–H groups in total. The van der Waals surface area contributed by atoms with Gasteiger partial charge in [0, 0.05) is 6.54 Å². The van der Waals surface area contributed by atoms with E-state index >= 15 is 0 Å². The van der Waals surface area contributed by atoms with Crippen molar-refractivity contribution in [3.05, 3.63) is 58.4 Å². The summed E-state index contributed by atoms with van der Waals surface area (Å²) in [6.45, 7) is 0.101. The molecule has 1 aliphatic heterocycles. The van der Waals surface area contributed by atoms with Crippen molar-refractivity contribution in [2.75, 3.05) is 10.8 Å². The van der Waals surface area contributed by atoms with Gasteiger partial charge in [0.25, 0.3) is 10.0 Å². The standard InChI is InChI=1S/C16H13ClFNO4S/c17-12-7-6-11(16(20)21)9-14(12)24(22,23)19-8-2-4-10-3-1-5-13(18)15(10)19/h1,3,5-7,9H,2,4,8H2,(H,20,21). The summed E-state index contributed by atoms with van der Waals surface area (Å²) in [5.74, 6) is -1.91. The number of rotatable bonds is 3. The van der Waals surface area contributed by atoms with E-state index in [2.05, 4.69) is 0 Å². The highest BCUT2D eigenvalue weighted by Gasteiger charge is 2.33. The molecule has 0 atom stereocenters. The van der Waals surface area contributed by atoms with Crippen LogP contribution in [-0.4, -0.2) is 26.0 Å². The molecule has 24 heavy (non-hydrogen) atoms. The van der Waals surface area contributed by atoms with E-state index in [-0.39, 0.29) is 27.7 Å². The Morgan fingerprint density at radius 2 is 2.00 bits per heavy atom. The van der Waals surface area contributed by atoms with Crippen LogP contribution in [0.3, 0.4) is 0 Å². The zero-order chi connectivity index (χ0) is 17.5. The van der Waals surface area contributed by atoms with Crippen molar-refractivity contribution in [2.45, 2.75) is 17.7 Å². The van der Waals surface area contributed by atoms with Crippen molar-refractivity contribution >= 4 is 33.3 Å². The molecule has 5 nitrogen and oxygen atoms in total. The molecule has 126 valence electrons. The third kappa shape index (κ3) is 2.74. The van der Waals surface area contributed by atoms with Gasteiger partial charge in [0.05, 0.1) is 16.3 Å². The van der Waals surface area contributed by atoms with Gasteiger partial charge in [-0.25, -0.2) is 17.6 Å². The molecule has 0 aromatic heterocycles. The molecule has 0 unspecified atom stereocenters. The van der Waals surface area contributed by atoms with Crippen LogP contribution >= 0.6 is 11.6 Å². The van der Waals surface area contributed by atoms with Crippen LogP contribution in [0.25, 0.3) is 0 Å². The van der Waals surface area contributed by atoms with Gasteiger partial charge in [-0.1, -0.05) is 23.7 Å². The first-order chi connectivity index (χ1) is 11.3. The van der Waals surface area contributed by atoms with Gasteiger partial charge in [-0.3, -0.25) is 4.31 Å². The number of carboxylic acids is 1. The summed E-state index contributed by atoms with van der Waals surface area (Å²) in [4.78, 5) is 10.8. The van der Waals surface area contributed by atoms with Crippen LogP contribution in [0.2, 0.25) is 5.02 Å². The molecular weight excluding hydrogens is 357 g/mol. The fourth-order valence-corrected chi connectivity index (χ4v) is 4.81. The number of anilines is 1. The van der Waals surface area contributed by atoms with Crippen molar-refractivity contribution in [1.29, 1.82) is 0 Å². The second kappa shape index (κ2) is 6.07. The second-order valence-corrected chi connectivity index (χ2v) is 7.62. The molecule has 0 spiro atoms. The number of nitrogens with zero attached hydrogens (tertiary/aromatic N) is 1. The van der Waals surface area contributed by atoms with Gasteiger partial charge in [-0.2, -0.15) is 0 Å². The number of sulfonamides is 1. The Hall–Kier alpha value is -2.12. The maximum Gasteiger partial charge on any atom is 0.335 e. The average molecular weight is 370 g/mol. The molecule has 0 bridgehead atoms. The topological polar surface area (TPSA) is 74.7 Å². The molecule has 2 aromatic rings. The van der Waals surface area contributed by atoms with Gasteiger partial charge in [-0.15, -0.1) is 0 Å². The predicted octanol–water partition coefficient (Wildman–Crippen LogP) is 3.32. The number of aromatic carboxylic acids is 1. The van der Waals surface area contributed by atoms with Crippen molar-refractivity contribution in [3.8, 4) is 0 Å². The van der Waals surface area contributed by atoms with E-state index in [9.17, 15) is 17.6 Å². The first-order valence-electron chi connectivity index (χ1n) is 7.15. The van der Waals surface area contributed by atoms with E-state index in [1.165, 1.54) is 24.3 Å². The van der Waals surface area contributed by atoms with Gasteiger partial charge < -0.3 is 5.11 Å². The van der Waals surface area contributed by atoms with Gasteiger partial charge in [0.1, 0.15) is 10.7 Å². The van der Waals surface area contributed by atoms with Crippen molar-refractivity contribution in [2.24, 2.45) is 0 Å². The summed E-state index contributed by atoms with van der Waals surface area (Å²) in [6.07, 6.45) is 1.11. The number of hydrogen-bond acceptors (Lipinski definition) is 3. The number of aryl methyl sites for hydroxylation is 1. The Balaban J connectivity index is 2.18. The lowest BCUT2D eigenvalue weighted by Crippen LogP contribution is -2.36. The molecule has 0 amide bonds. The molecule has 0 saturated heterocycles. The highest BCUT2D eigenvalue weighted by atomic mass is 35.5. The zero-order valence-corrected chi connectivity index (χ0v) is 13.9. The molecule has 3 rings (SSSR count). The van der Waals surface area contributed by atoms with Crippen LogP contribution in [0.4, 0.5) is 10.1 Å². The molecule has 2 aromatic carbocycles. The average Bonchev–Trinajstić information content (AvgIpc) is 2.54. The second-order valence-electron chi connectivity index (χ2n) is 5.38. The quantitative estimate of drug-likeness (QED) is 0.900. The molecule has 0 radical (unpaired) electrons. The predicted molar refractivity (Wildman–Crippen MR) is 87.7 cm³/mol. The van der Waals surface area contributed by atoms with Crippen LogP contribution in [0.15, 0.2) is 41.3 Å². The lowest BCUT2D eigenvalue weighted by Gasteiger charge is -2.31. The molecule has 1 heterocycles. The smallest absolute Gasteiger partial charge is 0.335 e. The maximum absolute atomic E-state index is 14.2. The lowest BCUT2D eigenvalue weighted by molar-refractivity contribution is 0.0696. The molecule has 0 saturated carbocycles. The third-order valence-electron chi connectivity index (χ3n) is 3.87. The van der Waals surface area contributed by atoms with E-state index in [1.807, 2.05) is 0 Å². The number of halogens is 2. The Morgan fingerprint density at radius 1 is 1.25 bits per heavy atom. The van der Waals surface area contributed by atoms with Crippen LogP contribution in [0.1, 0.15) is 22.3 Å². The van der Waals surface area contributed by atoms with Crippen molar-refractivity contribution in [1.82, 2.24) is 0 Å². The number of carbonyl (C=O) groups is 1. The fraction of sp³-hybridized carbons (Fsp3) is 0.188. The minimum Gasteiger partial charge on any atom is -0.478 e. The summed E-state index contributed by atoms with van der Waals surface area (Å²) in [7, 11) is -4.19. The van der Waals surface area contributed by atoms with Gasteiger partial charge in [0.2, 0.25) is 0 Å². The van der Waals surface area contributed by atoms with E-state index in [4.69, 9.17) is 16.7 Å².